The van der Waals surface area contributed by atoms with E-state index >= 15 is 0 Å². The van der Waals surface area contributed by atoms with Crippen molar-refractivity contribution in [1.82, 2.24) is 10.7 Å². The number of methoxy groups -OCH3 is 2. The van der Waals surface area contributed by atoms with Crippen LogP contribution in [0.3, 0.4) is 0 Å². The summed E-state index contributed by atoms with van der Waals surface area (Å²) >= 11 is 1.63. The van der Waals surface area contributed by atoms with Crippen LogP contribution in [0.25, 0.3) is 10.1 Å². The number of hydrazone groups is 1. The molecule has 8 heteroatoms. The van der Waals surface area contributed by atoms with Gasteiger partial charge in [0, 0.05) is 39.3 Å². The Bertz CT molecular complexity index is 1090. The van der Waals surface area contributed by atoms with Crippen LogP contribution in [0, 0.1) is 0 Å². The number of carbonyl (C=O) groups excluding carboxylic acids is 2. The Morgan fingerprint density at radius 1 is 1.13 bits per heavy atom. The second kappa shape index (κ2) is 10.00. The third kappa shape index (κ3) is 5.03. The van der Waals surface area contributed by atoms with Gasteiger partial charge in [-0.15, -0.1) is 11.3 Å². The molecule has 0 saturated carbocycles. The maximum atomic E-state index is 12.3. The van der Waals surface area contributed by atoms with Crippen molar-refractivity contribution in [3.8, 4) is 5.75 Å². The summed E-state index contributed by atoms with van der Waals surface area (Å²) in [6.45, 7) is 2.02. The number of hydrogen-bond acceptors (Lipinski definition) is 6. The van der Waals surface area contributed by atoms with Gasteiger partial charge in [0.2, 0.25) is 0 Å². The first kappa shape index (κ1) is 21.5. The first-order chi connectivity index (χ1) is 14.5. The third-order valence-electron chi connectivity index (χ3n) is 4.48. The molecule has 0 unspecified atom stereocenters. The van der Waals surface area contributed by atoms with E-state index in [0.29, 0.717) is 23.6 Å². The van der Waals surface area contributed by atoms with Crippen molar-refractivity contribution in [2.45, 2.75) is 13.5 Å². The molecule has 2 aromatic carbocycles. The van der Waals surface area contributed by atoms with E-state index in [-0.39, 0.29) is 12.5 Å². The van der Waals surface area contributed by atoms with Crippen molar-refractivity contribution in [2.24, 2.45) is 5.10 Å². The number of amides is 2. The van der Waals surface area contributed by atoms with Gasteiger partial charge in [-0.1, -0.05) is 24.3 Å². The Labute approximate surface area is 178 Å². The van der Waals surface area contributed by atoms with Crippen LogP contribution in [-0.4, -0.2) is 38.3 Å². The van der Waals surface area contributed by atoms with Crippen LogP contribution < -0.4 is 15.5 Å². The number of thiophene rings is 1. The van der Waals surface area contributed by atoms with E-state index in [4.69, 9.17) is 9.47 Å². The van der Waals surface area contributed by atoms with Crippen LogP contribution in [0.5, 0.6) is 5.75 Å². The molecule has 0 spiro atoms. The molecule has 3 aromatic rings. The largest absolute Gasteiger partial charge is 0.496 e. The molecule has 0 aliphatic heterocycles. The highest BCUT2D eigenvalue weighted by molar-refractivity contribution is 7.17. The molecular formula is C22H23N3O4S. The molecule has 0 bridgehead atoms. The molecule has 0 fully saturated rings. The predicted molar refractivity (Wildman–Crippen MR) is 118 cm³/mol. The SMILES string of the molecule is COCc1ccc(C(=O)NCC(=O)NN=C(C)c2csc3ccccc23)cc1OC. The zero-order chi connectivity index (χ0) is 21.5. The summed E-state index contributed by atoms with van der Waals surface area (Å²) in [6.07, 6.45) is 0. The molecule has 3 rings (SSSR count). The number of benzene rings is 2. The topological polar surface area (TPSA) is 89.0 Å². The van der Waals surface area contributed by atoms with Crippen LogP contribution in [0.2, 0.25) is 0 Å². The highest BCUT2D eigenvalue weighted by atomic mass is 32.1. The molecule has 156 valence electrons. The van der Waals surface area contributed by atoms with Gasteiger partial charge in [0.25, 0.3) is 11.8 Å². The maximum absolute atomic E-state index is 12.3. The van der Waals surface area contributed by atoms with Gasteiger partial charge in [-0.25, -0.2) is 5.43 Å². The molecule has 7 nitrogen and oxygen atoms in total. The van der Waals surface area contributed by atoms with Crippen molar-refractivity contribution >= 4 is 38.9 Å². The first-order valence-electron chi connectivity index (χ1n) is 9.27. The van der Waals surface area contributed by atoms with Crippen molar-refractivity contribution in [1.29, 1.82) is 0 Å². The van der Waals surface area contributed by atoms with Crippen LogP contribution in [-0.2, 0) is 16.1 Å². The average molecular weight is 426 g/mol. The number of nitrogens with one attached hydrogen (secondary N) is 2. The van der Waals surface area contributed by atoms with Crippen molar-refractivity contribution in [2.75, 3.05) is 20.8 Å². The Morgan fingerprint density at radius 2 is 1.93 bits per heavy atom. The van der Waals surface area contributed by atoms with Crippen LogP contribution in [0.4, 0.5) is 0 Å². The van der Waals surface area contributed by atoms with Gasteiger partial charge in [-0.2, -0.15) is 5.10 Å². The van der Waals surface area contributed by atoms with E-state index in [1.54, 1.807) is 36.6 Å². The molecular weight excluding hydrogens is 402 g/mol. The minimum absolute atomic E-state index is 0.192. The van der Waals surface area contributed by atoms with Gasteiger partial charge in [0.05, 0.1) is 26.0 Å². The molecule has 1 heterocycles. The van der Waals surface area contributed by atoms with Gasteiger partial charge >= 0.3 is 0 Å². The number of hydrogen-bond donors (Lipinski definition) is 2. The highest BCUT2D eigenvalue weighted by Crippen LogP contribution is 2.26. The maximum Gasteiger partial charge on any atom is 0.259 e. The van der Waals surface area contributed by atoms with Gasteiger partial charge in [-0.3, -0.25) is 9.59 Å². The zero-order valence-corrected chi connectivity index (χ0v) is 17.8. The van der Waals surface area contributed by atoms with E-state index < -0.39 is 5.91 Å². The minimum atomic E-state index is -0.412. The van der Waals surface area contributed by atoms with Gasteiger partial charge in [-0.05, 0) is 25.1 Å². The summed E-state index contributed by atoms with van der Waals surface area (Å²) in [5.74, 6) is -0.237. The second-order valence-corrected chi connectivity index (χ2v) is 7.43. The van der Waals surface area contributed by atoms with E-state index in [0.717, 1.165) is 21.2 Å². The van der Waals surface area contributed by atoms with Gasteiger partial charge in [0.1, 0.15) is 5.75 Å². The molecule has 0 atom stereocenters. The number of fused-ring (bicyclic) bond motifs is 1. The summed E-state index contributed by atoms with van der Waals surface area (Å²) in [5.41, 5.74) is 5.39. The Morgan fingerprint density at radius 3 is 2.70 bits per heavy atom. The summed E-state index contributed by atoms with van der Waals surface area (Å²) in [7, 11) is 3.12. The summed E-state index contributed by atoms with van der Waals surface area (Å²) in [6, 6.07) is 13.1. The van der Waals surface area contributed by atoms with Crippen LogP contribution in [0.15, 0.2) is 52.9 Å². The normalized spacial score (nSPS) is 11.4. The zero-order valence-electron chi connectivity index (χ0n) is 17.0. The van der Waals surface area contributed by atoms with E-state index in [9.17, 15) is 9.59 Å². The highest BCUT2D eigenvalue weighted by Gasteiger charge is 2.12. The Balaban J connectivity index is 1.57. The summed E-state index contributed by atoms with van der Waals surface area (Å²) in [4.78, 5) is 24.5. The van der Waals surface area contributed by atoms with E-state index in [1.165, 1.54) is 7.11 Å². The predicted octanol–water partition coefficient (Wildman–Crippen LogP) is 3.33. The molecule has 0 aliphatic carbocycles. The monoisotopic (exact) mass is 425 g/mol. The Hall–Kier alpha value is -3.23. The van der Waals surface area contributed by atoms with Crippen molar-refractivity contribution in [3.05, 3.63) is 64.5 Å². The number of carbonyl (C=O) groups is 2. The van der Waals surface area contributed by atoms with Crippen molar-refractivity contribution < 1.29 is 19.1 Å². The Kier molecular flexibility index (Phi) is 7.16. The minimum Gasteiger partial charge on any atom is -0.496 e. The lowest BCUT2D eigenvalue weighted by Crippen LogP contribution is -2.35. The standard InChI is InChI=1S/C22H23N3O4S/c1-14(18-13-30-20-7-5-4-6-17(18)20)24-25-21(26)11-23-22(27)15-8-9-16(12-28-2)19(10-15)29-3/h4-10,13H,11-12H2,1-3H3,(H,23,27)(H,25,26). The van der Waals surface area contributed by atoms with Gasteiger partial charge in [0.15, 0.2) is 0 Å². The lowest BCUT2D eigenvalue weighted by atomic mass is 10.1. The number of nitrogens with zero attached hydrogens (tertiary/aromatic N) is 1. The van der Waals surface area contributed by atoms with E-state index in [1.807, 2.05) is 36.6 Å². The lowest BCUT2D eigenvalue weighted by Gasteiger charge is -2.10. The number of ether oxygens (including phenoxy) is 2. The quantitative estimate of drug-likeness (QED) is 0.428. The van der Waals surface area contributed by atoms with Gasteiger partial charge < -0.3 is 14.8 Å². The average Bonchev–Trinajstić information content (AvgIpc) is 3.20. The summed E-state index contributed by atoms with van der Waals surface area (Å²) < 4.78 is 11.5. The third-order valence-corrected chi connectivity index (χ3v) is 5.44. The molecule has 0 aliphatic rings. The van der Waals surface area contributed by atoms with E-state index in [2.05, 4.69) is 15.8 Å². The second-order valence-electron chi connectivity index (χ2n) is 6.52. The molecule has 1 aromatic heterocycles. The number of rotatable bonds is 8. The first-order valence-corrected chi connectivity index (χ1v) is 10.1. The smallest absolute Gasteiger partial charge is 0.259 e. The van der Waals surface area contributed by atoms with Crippen molar-refractivity contribution in [3.63, 3.8) is 0 Å². The van der Waals surface area contributed by atoms with Crippen LogP contribution >= 0.6 is 11.3 Å². The van der Waals surface area contributed by atoms with Crippen LogP contribution in [0.1, 0.15) is 28.4 Å². The molecule has 30 heavy (non-hydrogen) atoms. The molecule has 2 N–H and O–H groups in total. The fourth-order valence-electron chi connectivity index (χ4n) is 2.93. The molecule has 0 radical (unpaired) electrons. The summed E-state index contributed by atoms with van der Waals surface area (Å²) in [5, 5.41) is 9.86. The molecule has 0 saturated heterocycles. The lowest BCUT2D eigenvalue weighted by molar-refractivity contribution is -0.120. The fraction of sp³-hybridized carbons (Fsp3) is 0.227. The fourth-order valence-corrected chi connectivity index (χ4v) is 3.93. The molecule has 2 amide bonds.